The van der Waals surface area contributed by atoms with Crippen LogP contribution in [-0.4, -0.2) is 62.3 Å². The number of aryl methyl sites for hydroxylation is 1. The number of carbonyl (C=O) groups is 3. The van der Waals surface area contributed by atoms with Crippen molar-refractivity contribution in [2.24, 2.45) is 0 Å². The Morgan fingerprint density at radius 2 is 1.55 bits per heavy atom. The highest BCUT2D eigenvalue weighted by Gasteiger charge is 2.50. The average Bonchev–Trinajstić information content (AvgIpc) is 2.65. The molecule has 5 atom stereocenters. The van der Waals surface area contributed by atoms with Crippen LogP contribution in [0, 0.1) is 6.92 Å². The summed E-state index contributed by atoms with van der Waals surface area (Å²) in [4.78, 5) is 33.6. The number of rotatable bonds is 7. The van der Waals surface area contributed by atoms with Crippen molar-refractivity contribution in [1.82, 2.24) is 4.72 Å². The lowest BCUT2D eigenvalue weighted by atomic mass is 10.0. The quantitative estimate of drug-likeness (QED) is 0.318. The first-order chi connectivity index (χ1) is 14.4. The lowest BCUT2D eigenvalue weighted by Gasteiger charge is -2.43. The van der Waals surface area contributed by atoms with Crippen LogP contribution in [0.3, 0.4) is 0 Å². The number of benzene rings is 1. The highest BCUT2D eigenvalue weighted by molar-refractivity contribution is 9.09. The second-order valence-corrected chi connectivity index (χ2v) is 9.70. The summed E-state index contributed by atoms with van der Waals surface area (Å²) in [6.07, 6.45) is -4.61. The normalized spacial score (nSPS) is 26.0. The Bertz CT molecular complexity index is 919. The van der Waals surface area contributed by atoms with Gasteiger partial charge in [0.25, 0.3) is 0 Å². The monoisotopic (exact) mass is 521 g/mol. The molecule has 0 aromatic heterocycles. The van der Waals surface area contributed by atoms with Crippen molar-refractivity contribution >= 4 is 43.9 Å². The fourth-order valence-electron chi connectivity index (χ4n) is 2.93. The standard InChI is InChI=1S/C19H24BrNO9S/c1-10-5-7-14(8-6-10)31(25,26)21-19-16(20)18(29-13(4)24)17(28-12(3)23)15(30-19)9-27-11(2)22/h5-8,15-19,21H,9H2,1-4H3/t15-,16+,17-,18-,19+/m1/s1. The average molecular weight is 522 g/mol. The summed E-state index contributed by atoms with van der Waals surface area (Å²) in [6.45, 7) is 4.96. The van der Waals surface area contributed by atoms with Crippen molar-refractivity contribution in [2.75, 3.05) is 6.61 Å². The topological polar surface area (TPSA) is 134 Å². The van der Waals surface area contributed by atoms with Crippen LogP contribution in [-0.2, 0) is 43.4 Å². The number of nitrogens with one attached hydrogen (secondary N) is 1. The van der Waals surface area contributed by atoms with Gasteiger partial charge in [-0.15, -0.1) is 0 Å². The third-order valence-corrected chi connectivity index (χ3v) is 6.71. The van der Waals surface area contributed by atoms with Crippen LogP contribution in [0.5, 0.6) is 0 Å². The maximum atomic E-state index is 12.8. The number of sulfonamides is 1. The third-order valence-electron chi connectivity index (χ3n) is 4.27. The van der Waals surface area contributed by atoms with Gasteiger partial charge in [0.15, 0.2) is 12.2 Å². The van der Waals surface area contributed by atoms with E-state index in [1.165, 1.54) is 19.1 Å². The van der Waals surface area contributed by atoms with E-state index in [1.54, 1.807) is 12.1 Å². The molecule has 1 heterocycles. The Morgan fingerprint density at radius 3 is 2.06 bits per heavy atom. The summed E-state index contributed by atoms with van der Waals surface area (Å²) in [7, 11) is -4.02. The molecule has 0 bridgehead atoms. The minimum Gasteiger partial charge on any atom is -0.463 e. The molecule has 1 N–H and O–H groups in total. The maximum absolute atomic E-state index is 12.8. The van der Waals surface area contributed by atoms with E-state index in [1.807, 2.05) is 6.92 Å². The lowest BCUT2D eigenvalue weighted by Crippen LogP contribution is -2.63. The Hall–Kier alpha value is -2.02. The SMILES string of the molecule is CC(=O)OC[C@H]1O[C@H](NS(=O)(=O)c2ccc(C)cc2)[C@@H](Br)[C@@H](OC(C)=O)[C@@H]1OC(C)=O. The van der Waals surface area contributed by atoms with Gasteiger partial charge in [0, 0.05) is 20.8 Å². The number of carbonyl (C=O) groups excluding carboxylic acids is 3. The first-order valence-corrected chi connectivity index (χ1v) is 11.7. The number of alkyl halides is 1. The highest BCUT2D eigenvalue weighted by Crippen LogP contribution is 2.31. The van der Waals surface area contributed by atoms with Gasteiger partial charge >= 0.3 is 17.9 Å². The van der Waals surface area contributed by atoms with Crippen molar-refractivity contribution in [1.29, 1.82) is 0 Å². The molecule has 10 nitrogen and oxygen atoms in total. The van der Waals surface area contributed by atoms with Gasteiger partial charge in [-0.25, -0.2) is 8.42 Å². The van der Waals surface area contributed by atoms with E-state index < -0.39 is 57.3 Å². The maximum Gasteiger partial charge on any atom is 0.303 e. The molecule has 0 spiro atoms. The van der Waals surface area contributed by atoms with Crippen molar-refractivity contribution in [3.63, 3.8) is 0 Å². The molecule has 1 aliphatic heterocycles. The minimum atomic E-state index is -4.02. The van der Waals surface area contributed by atoms with E-state index in [0.29, 0.717) is 0 Å². The van der Waals surface area contributed by atoms with Crippen LogP contribution in [0.15, 0.2) is 29.2 Å². The number of halogens is 1. The largest absolute Gasteiger partial charge is 0.463 e. The zero-order chi connectivity index (χ0) is 23.3. The molecule has 12 heteroatoms. The van der Waals surface area contributed by atoms with E-state index in [2.05, 4.69) is 20.7 Å². The first-order valence-electron chi connectivity index (χ1n) is 9.27. The molecule has 31 heavy (non-hydrogen) atoms. The molecule has 172 valence electrons. The van der Waals surface area contributed by atoms with Gasteiger partial charge in [-0.1, -0.05) is 33.6 Å². The van der Waals surface area contributed by atoms with E-state index in [0.717, 1.165) is 19.4 Å². The molecule has 1 aromatic rings. The molecule has 0 unspecified atom stereocenters. The smallest absolute Gasteiger partial charge is 0.303 e. The fourth-order valence-corrected chi connectivity index (χ4v) is 4.91. The predicted molar refractivity (Wildman–Crippen MR) is 111 cm³/mol. The van der Waals surface area contributed by atoms with Crippen LogP contribution >= 0.6 is 15.9 Å². The summed E-state index contributed by atoms with van der Waals surface area (Å²) in [6, 6.07) is 6.16. The number of hydrogen-bond acceptors (Lipinski definition) is 9. The predicted octanol–water partition coefficient (Wildman–Crippen LogP) is 1.19. The van der Waals surface area contributed by atoms with Gasteiger partial charge in [-0.05, 0) is 19.1 Å². The molecular weight excluding hydrogens is 498 g/mol. The second-order valence-electron chi connectivity index (χ2n) is 6.92. The zero-order valence-corrected chi connectivity index (χ0v) is 19.8. The van der Waals surface area contributed by atoms with E-state index in [9.17, 15) is 22.8 Å². The highest BCUT2D eigenvalue weighted by atomic mass is 79.9. The molecule has 0 radical (unpaired) electrons. The van der Waals surface area contributed by atoms with E-state index >= 15 is 0 Å². The van der Waals surface area contributed by atoms with Crippen LogP contribution in [0.2, 0.25) is 0 Å². The number of hydrogen-bond donors (Lipinski definition) is 1. The molecule has 1 fully saturated rings. The van der Waals surface area contributed by atoms with Crippen LogP contribution in [0.4, 0.5) is 0 Å². The van der Waals surface area contributed by atoms with Gasteiger partial charge in [0.05, 0.1) is 9.72 Å². The minimum absolute atomic E-state index is 0.00378. The van der Waals surface area contributed by atoms with Gasteiger partial charge < -0.3 is 18.9 Å². The molecule has 0 saturated carbocycles. The Balaban J connectivity index is 2.35. The zero-order valence-electron chi connectivity index (χ0n) is 17.4. The van der Waals surface area contributed by atoms with Crippen molar-refractivity contribution in [3.8, 4) is 0 Å². The van der Waals surface area contributed by atoms with Crippen LogP contribution in [0.25, 0.3) is 0 Å². The van der Waals surface area contributed by atoms with Crippen molar-refractivity contribution in [3.05, 3.63) is 29.8 Å². The van der Waals surface area contributed by atoms with Crippen molar-refractivity contribution in [2.45, 2.75) is 62.0 Å². The second kappa shape index (κ2) is 10.5. The van der Waals surface area contributed by atoms with Crippen LogP contribution in [0.1, 0.15) is 26.3 Å². The molecule has 1 saturated heterocycles. The van der Waals surface area contributed by atoms with Gasteiger partial charge in [-0.3, -0.25) is 14.4 Å². The Labute approximate surface area is 188 Å². The van der Waals surface area contributed by atoms with E-state index in [4.69, 9.17) is 18.9 Å². The Morgan fingerprint density at radius 1 is 1.00 bits per heavy atom. The summed E-state index contributed by atoms with van der Waals surface area (Å²) in [5.74, 6) is -1.98. The molecule has 2 rings (SSSR count). The molecule has 1 aromatic carbocycles. The number of esters is 3. The molecule has 1 aliphatic rings. The third kappa shape index (κ3) is 6.99. The van der Waals surface area contributed by atoms with Crippen molar-refractivity contribution < 1.29 is 41.7 Å². The van der Waals surface area contributed by atoms with Crippen LogP contribution < -0.4 is 4.72 Å². The number of ether oxygens (including phenoxy) is 4. The summed E-state index contributed by atoms with van der Waals surface area (Å²) >= 11 is 3.30. The Kier molecular flexibility index (Phi) is 8.57. The van der Waals surface area contributed by atoms with Gasteiger partial charge in [0.1, 0.15) is 18.9 Å². The summed E-state index contributed by atoms with van der Waals surface area (Å²) in [5.41, 5.74) is 0.881. The lowest BCUT2D eigenvalue weighted by molar-refractivity contribution is -0.213. The molecule has 0 aliphatic carbocycles. The van der Waals surface area contributed by atoms with E-state index in [-0.39, 0.29) is 11.5 Å². The molecular formula is C19H24BrNO9S. The summed E-state index contributed by atoms with van der Waals surface area (Å²) in [5, 5.41) is 0. The fraction of sp³-hybridized carbons (Fsp3) is 0.526. The molecule has 0 amide bonds. The van der Waals surface area contributed by atoms with Gasteiger partial charge in [-0.2, -0.15) is 4.72 Å². The summed E-state index contributed by atoms with van der Waals surface area (Å²) < 4.78 is 49.4. The van der Waals surface area contributed by atoms with Gasteiger partial charge in [0.2, 0.25) is 10.0 Å². The first kappa shape index (κ1) is 25.2.